The zero-order valence-corrected chi connectivity index (χ0v) is 35.4. The number of allylic oxidation sites excluding steroid dienone is 2. The molecule has 0 saturated heterocycles. The molecule has 0 spiro atoms. The Morgan fingerprint density at radius 2 is 1.25 bits per heavy atom. The van der Waals surface area contributed by atoms with E-state index in [9.17, 15) is 28.8 Å². The Labute approximate surface area is 339 Å². The van der Waals surface area contributed by atoms with Gasteiger partial charge in [-0.2, -0.15) is 0 Å². The highest BCUT2D eigenvalue weighted by Crippen LogP contribution is 2.67. The maximum atomic E-state index is 12.8. The van der Waals surface area contributed by atoms with Crippen LogP contribution in [-0.4, -0.2) is 67.5 Å². The predicted octanol–water partition coefficient (Wildman–Crippen LogP) is 8.77. The van der Waals surface area contributed by atoms with Crippen molar-refractivity contribution < 1.29 is 57.2 Å². The van der Waals surface area contributed by atoms with E-state index in [1.165, 1.54) is 6.92 Å². The maximum absolute atomic E-state index is 12.8. The van der Waals surface area contributed by atoms with Crippen LogP contribution in [0.1, 0.15) is 145 Å². The molecule has 0 radical (unpaired) electrons. The fourth-order valence-electron chi connectivity index (χ4n) is 10.7. The SMILES string of the molecule is CC/C=C\CC(=O)OCC(COC(=O)C/C=C\CC)OC(=O)CC(C)CC(=O)OC(C)OC(=O)O[C@H]1CC[C@@]2(C)[C@@H](CC[C@@H]3[C@@H]2CC[C@]2(C)[C@@H](C(C)=O)CC[C@@H]32)C1. The summed E-state index contributed by atoms with van der Waals surface area (Å²) in [7, 11) is 0. The van der Waals surface area contributed by atoms with Gasteiger partial charge in [-0.05, 0) is 118 Å². The van der Waals surface area contributed by atoms with Crippen LogP contribution in [0.15, 0.2) is 24.3 Å². The largest absolute Gasteiger partial charge is 0.511 e. The summed E-state index contributed by atoms with van der Waals surface area (Å²) in [5, 5.41) is 0. The molecule has 0 bridgehead atoms. The monoisotopic (exact) mass is 800 g/mol. The van der Waals surface area contributed by atoms with Crippen molar-refractivity contribution in [3.05, 3.63) is 24.3 Å². The quantitative estimate of drug-likeness (QED) is 0.0530. The van der Waals surface area contributed by atoms with Gasteiger partial charge in [0, 0.05) is 25.7 Å². The van der Waals surface area contributed by atoms with Crippen LogP contribution in [0.2, 0.25) is 0 Å². The van der Waals surface area contributed by atoms with Crippen molar-refractivity contribution in [2.75, 3.05) is 13.2 Å². The summed E-state index contributed by atoms with van der Waals surface area (Å²) < 4.78 is 32.4. The van der Waals surface area contributed by atoms with E-state index in [1.54, 1.807) is 26.0 Å². The van der Waals surface area contributed by atoms with Gasteiger partial charge < -0.3 is 28.4 Å². The minimum Gasteiger partial charge on any atom is -0.461 e. The molecule has 4 rings (SSSR count). The molecule has 0 heterocycles. The minimum atomic E-state index is -1.19. The summed E-state index contributed by atoms with van der Waals surface area (Å²) in [5.41, 5.74) is 0.315. The summed E-state index contributed by atoms with van der Waals surface area (Å²) in [5.74, 6) is 0.0334. The molecule has 2 unspecified atom stereocenters. The molecule has 12 nitrogen and oxygen atoms in total. The molecule has 0 amide bonds. The van der Waals surface area contributed by atoms with Gasteiger partial charge in [-0.15, -0.1) is 0 Å². The average molecular weight is 801 g/mol. The van der Waals surface area contributed by atoms with Crippen LogP contribution in [0.5, 0.6) is 0 Å². The van der Waals surface area contributed by atoms with E-state index in [2.05, 4.69) is 13.8 Å². The fraction of sp³-hybridized carbons (Fsp3) is 0.778. The summed E-state index contributed by atoms with van der Waals surface area (Å²) in [6, 6.07) is 0. The van der Waals surface area contributed by atoms with Gasteiger partial charge in [0.2, 0.25) is 6.29 Å². The van der Waals surface area contributed by atoms with Crippen LogP contribution < -0.4 is 0 Å². The molecule has 0 aromatic rings. The van der Waals surface area contributed by atoms with Crippen LogP contribution in [0.3, 0.4) is 0 Å². The molecule has 0 aromatic carbocycles. The van der Waals surface area contributed by atoms with Gasteiger partial charge in [0.05, 0.1) is 12.8 Å². The number of hydrogen-bond donors (Lipinski definition) is 0. The Hall–Kier alpha value is -3.70. The zero-order chi connectivity index (χ0) is 41.8. The number of ketones is 1. The van der Waals surface area contributed by atoms with Crippen LogP contribution in [0.4, 0.5) is 4.79 Å². The number of rotatable bonds is 19. The average Bonchev–Trinajstić information content (AvgIpc) is 3.50. The maximum Gasteiger partial charge on any atom is 0.511 e. The molecule has 4 saturated carbocycles. The van der Waals surface area contributed by atoms with Crippen LogP contribution in [-0.2, 0) is 52.4 Å². The lowest BCUT2D eigenvalue weighted by Gasteiger charge is -2.61. The lowest BCUT2D eigenvalue weighted by Crippen LogP contribution is -2.54. The second kappa shape index (κ2) is 21.3. The first-order chi connectivity index (χ1) is 27.1. The highest BCUT2D eigenvalue weighted by Gasteiger charge is 2.61. The number of carbonyl (C=O) groups excluding carboxylic acids is 6. The lowest BCUT2D eigenvalue weighted by atomic mass is 9.44. The van der Waals surface area contributed by atoms with Crippen molar-refractivity contribution in [1.29, 1.82) is 0 Å². The van der Waals surface area contributed by atoms with Crippen LogP contribution >= 0.6 is 0 Å². The summed E-state index contributed by atoms with van der Waals surface area (Å²) in [6.45, 7) is 13.0. The second-order valence-electron chi connectivity index (χ2n) is 17.5. The molecular formula is C45H68O12. The van der Waals surface area contributed by atoms with E-state index < -0.39 is 48.3 Å². The van der Waals surface area contributed by atoms with E-state index in [0.717, 1.165) is 70.6 Å². The van der Waals surface area contributed by atoms with Gasteiger partial charge in [0.1, 0.15) is 25.1 Å². The Kier molecular flexibility index (Phi) is 17.2. The Morgan fingerprint density at radius 3 is 1.84 bits per heavy atom. The molecule has 320 valence electrons. The van der Waals surface area contributed by atoms with Crippen LogP contribution in [0.25, 0.3) is 0 Å². The van der Waals surface area contributed by atoms with Crippen molar-refractivity contribution in [2.24, 2.45) is 46.3 Å². The molecule has 10 atom stereocenters. The molecular weight excluding hydrogens is 732 g/mol. The Bertz CT molecular complexity index is 1440. The summed E-state index contributed by atoms with van der Waals surface area (Å²) in [4.78, 5) is 75.1. The molecule has 4 aliphatic rings. The molecule has 12 heteroatoms. The number of Topliss-reactive ketones (excluding diaryl/α,β-unsaturated/α-hetero) is 1. The van der Waals surface area contributed by atoms with E-state index in [0.29, 0.717) is 29.5 Å². The molecule has 0 N–H and O–H groups in total. The van der Waals surface area contributed by atoms with Gasteiger partial charge >= 0.3 is 30.0 Å². The van der Waals surface area contributed by atoms with Gasteiger partial charge in [-0.1, -0.05) is 58.9 Å². The number of ether oxygens (including phenoxy) is 6. The number of hydrogen-bond acceptors (Lipinski definition) is 12. The summed E-state index contributed by atoms with van der Waals surface area (Å²) >= 11 is 0. The van der Waals surface area contributed by atoms with Crippen molar-refractivity contribution in [1.82, 2.24) is 0 Å². The standard InChI is InChI=1S/C45H68O12/c1-8-10-12-14-39(47)52-27-34(28-53-40(48)15-13-11-9-2)56-42(50)25-29(3)24-41(49)54-31(5)55-43(51)57-33-20-22-44(6)32(26-33)16-17-35-37-19-18-36(30(4)46)45(37,7)23-21-38(35)44/h10-13,29,31-38H,8-9,14-28H2,1-7H3/b12-10-,13-11-/t29?,31?,32-,33-,35-,36+,37-,38-,44-,45+/m0/s1. The lowest BCUT2D eigenvalue weighted by molar-refractivity contribution is -0.173. The number of fused-ring (bicyclic) bond motifs is 5. The van der Waals surface area contributed by atoms with Crippen molar-refractivity contribution >= 4 is 35.8 Å². The third-order valence-electron chi connectivity index (χ3n) is 13.5. The summed E-state index contributed by atoms with van der Waals surface area (Å²) in [6.07, 6.45) is 14.2. The zero-order valence-electron chi connectivity index (χ0n) is 35.4. The van der Waals surface area contributed by atoms with Crippen molar-refractivity contribution in [3.63, 3.8) is 0 Å². The Balaban J connectivity index is 1.18. The first-order valence-electron chi connectivity index (χ1n) is 21.5. The molecule has 57 heavy (non-hydrogen) atoms. The second-order valence-corrected chi connectivity index (χ2v) is 17.5. The fourth-order valence-corrected chi connectivity index (χ4v) is 10.7. The van der Waals surface area contributed by atoms with Gasteiger partial charge in [0.15, 0.2) is 6.10 Å². The third kappa shape index (κ3) is 12.6. The van der Waals surface area contributed by atoms with E-state index in [4.69, 9.17) is 28.4 Å². The van der Waals surface area contributed by atoms with Crippen LogP contribution in [0, 0.1) is 46.3 Å². The normalized spacial score (nSPS) is 30.4. The first kappa shape index (κ1) is 46.0. The number of carbonyl (C=O) groups is 6. The van der Waals surface area contributed by atoms with Crippen molar-refractivity contribution in [2.45, 2.75) is 163 Å². The van der Waals surface area contributed by atoms with Gasteiger partial charge in [-0.3, -0.25) is 24.0 Å². The van der Waals surface area contributed by atoms with Gasteiger partial charge in [0.25, 0.3) is 0 Å². The Morgan fingerprint density at radius 1 is 0.667 bits per heavy atom. The first-order valence-corrected chi connectivity index (χ1v) is 21.5. The van der Waals surface area contributed by atoms with E-state index in [-0.39, 0.29) is 61.7 Å². The molecule has 0 aliphatic heterocycles. The topological polar surface area (TPSA) is 158 Å². The van der Waals surface area contributed by atoms with Crippen molar-refractivity contribution in [3.8, 4) is 0 Å². The highest BCUT2D eigenvalue weighted by molar-refractivity contribution is 5.79. The highest BCUT2D eigenvalue weighted by atomic mass is 16.8. The predicted molar refractivity (Wildman–Crippen MR) is 211 cm³/mol. The molecule has 4 aliphatic carbocycles. The number of esters is 4. The smallest absolute Gasteiger partial charge is 0.461 e. The van der Waals surface area contributed by atoms with E-state index >= 15 is 0 Å². The minimum absolute atomic E-state index is 0.0576. The molecule has 0 aromatic heterocycles. The van der Waals surface area contributed by atoms with E-state index in [1.807, 2.05) is 26.0 Å². The molecule has 4 fully saturated rings. The third-order valence-corrected chi connectivity index (χ3v) is 13.5. The van der Waals surface area contributed by atoms with Gasteiger partial charge in [-0.25, -0.2) is 4.79 Å².